The number of hydrogen-bond acceptors (Lipinski definition) is 3. The minimum absolute atomic E-state index is 0.734. The molecule has 15 heavy (non-hydrogen) atoms. The Kier molecular flexibility index (Phi) is 4.00. The monoisotopic (exact) mass is 211 g/mol. The number of hydrogen-bond donors (Lipinski definition) is 1. The van der Waals surface area contributed by atoms with Crippen molar-refractivity contribution in [2.24, 2.45) is 0 Å². The van der Waals surface area contributed by atoms with E-state index in [-0.39, 0.29) is 0 Å². The van der Waals surface area contributed by atoms with E-state index in [4.69, 9.17) is 0 Å². The van der Waals surface area contributed by atoms with Crippen molar-refractivity contribution in [2.75, 3.05) is 39.3 Å². The van der Waals surface area contributed by atoms with Gasteiger partial charge in [0.2, 0.25) is 0 Å². The molecule has 0 aliphatic carbocycles. The minimum Gasteiger partial charge on any atom is -0.313 e. The molecular weight excluding hydrogens is 186 g/mol. The van der Waals surface area contributed by atoms with Gasteiger partial charge in [-0.1, -0.05) is 6.92 Å². The third-order valence-corrected chi connectivity index (χ3v) is 4.01. The summed E-state index contributed by atoms with van der Waals surface area (Å²) >= 11 is 0. The zero-order valence-corrected chi connectivity index (χ0v) is 10.2. The van der Waals surface area contributed by atoms with E-state index in [0.717, 1.165) is 12.1 Å². The normalized spacial score (nSPS) is 35.6. The number of nitrogens with zero attached hydrogens (tertiary/aromatic N) is 2. The fourth-order valence-electron chi connectivity index (χ4n) is 2.74. The second-order valence-corrected chi connectivity index (χ2v) is 5.01. The van der Waals surface area contributed by atoms with Gasteiger partial charge in [-0.05, 0) is 26.3 Å². The summed E-state index contributed by atoms with van der Waals surface area (Å²) in [7, 11) is 0. The lowest BCUT2D eigenvalue weighted by Gasteiger charge is -2.41. The lowest BCUT2D eigenvalue weighted by atomic mass is 10.00. The standard InChI is InChI=1S/C12H25N3/c1-3-14-6-8-15(9-7-14)12-5-4-11(2)13-10-12/h11-13H,3-10H2,1-2H3. The Morgan fingerprint density at radius 2 is 1.87 bits per heavy atom. The highest BCUT2D eigenvalue weighted by molar-refractivity contribution is 4.84. The first-order chi connectivity index (χ1) is 7.29. The van der Waals surface area contributed by atoms with E-state index in [1.165, 1.54) is 52.1 Å². The second-order valence-electron chi connectivity index (χ2n) is 5.01. The molecule has 2 unspecified atom stereocenters. The Morgan fingerprint density at radius 3 is 2.40 bits per heavy atom. The quantitative estimate of drug-likeness (QED) is 0.728. The maximum Gasteiger partial charge on any atom is 0.0222 e. The molecular formula is C12H25N3. The van der Waals surface area contributed by atoms with Gasteiger partial charge in [0.1, 0.15) is 0 Å². The van der Waals surface area contributed by atoms with Gasteiger partial charge in [0.25, 0.3) is 0 Å². The third-order valence-electron chi connectivity index (χ3n) is 4.01. The van der Waals surface area contributed by atoms with E-state index >= 15 is 0 Å². The highest BCUT2D eigenvalue weighted by Crippen LogP contribution is 2.15. The maximum absolute atomic E-state index is 3.60. The average Bonchev–Trinajstić information content (AvgIpc) is 2.30. The van der Waals surface area contributed by atoms with E-state index in [2.05, 4.69) is 29.0 Å². The van der Waals surface area contributed by atoms with Crippen LogP contribution in [0.25, 0.3) is 0 Å². The zero-order valence-electron chi connectivity index (χ0n) is 10.2. The van der Waals surface area contributed by atoms with Gasteiger partial charge in [0, 0.05) is 44.8 Å². The number of piperazine rings is 1. The van der Waals surface area contributed by atoms with Crippen LogP contribution in [0.4, 0.5) is 0 Å². The highest BCUT2D eigenvalue weighted by atomic mass is 15.3. The van der Waals surface area contributed by atoms with Crippen LogP contribution < -0.4 is 5.32 Å². The predicted molar refractivity (Wildman–Crippen MR) is 64.2 cm³/mol. The smallest absolute Gasteiger partial charge is 0.0222 e. The van der Waals surface area contributed by atoms with Gasteiger partial charge in [0.15, 0.2) is 0 Å². The Balaban J connectivity index is 1.75. The highest BCUT2D eigenvalue weighted by Gasteiger charge is 2.25. The molecule has 2 aliphatic heterocycles. The molecule has 0 aromatic carbocycles. The molecule has 0 aromatic rings. The molecule has 2 saturated heterocycles. The van der Waals surface area contributed by atoms with E-state index in [1.54, 1.807) is 0 Å². The van der Waals surface area contributed by atoms with E-state index in [1.807, 2.05) is 0 Å². The molecule has 3 heteroatoms. The molecule has 0 radical (unpaired) electrons. The number of piperidine rings is 1. The third kappa shape index (κ3) is 2.92. The summed E-state index contributed by atoms with van der Waals surface area (Å²) < 4.78 is 0. The van der Waals surface area contributed by atoms with Gasteiger partial charge in [-0.2, -0.15) is 0 Å². The van der Waals surface area contributed by atoms with Crippen LogP contribution in [0.1, 0.15) is 26.7 Å². The average molecular weight is 211 g/mol. The fraction of sp³-hybridized carbons (Fsp3) is 1.00. The van der Waals surface area contributed by atoms with Crippen molar-refractivity contribution in [1.29, 1.82) is 0 Å². The molecule has 3 nitrogen and oxygen atoms in total. The molecule has 1 N–H and O–H groups in total. The molecule has 2 rings (SSSR count). The maximum atomic E-state index is 3.60. The van der Waals surface area contributed by atoms with Crippen molar-refractivity contribution < 1.29 is 0 Å². The first-order valence-electron chi connectivity index (χ1n) is 6.49. The van der Waals surface area contributed by atoms with Gasteiger partial charge in [-0.15, -0.1) is 0 Å². The largest absolute Gasteiger partial charge is 0.313 e. The number of nitrogens with one attached hydrogen (secondary N) is 1. The summed E-state index contributed by atoms with van der Waals surface area (Å²) in [6.45, 7) is 12.1. The van der Waals surface area contributed by atoms with Crippen LogP contribution in [0.3, 0.4) is 0 Å². The lowest BCUT2D eigenvalue weighted by Crippen LogP contribution is -2.55. The summed E-state index contributed by atoms with van der Waals surface area (Å²) in [4.78, 5) is 5.24. The van der Waals surface area contributed by atoms with Crippen LogP contribution in [-0.4, -0.2) is 61.2 Å². The molecule has 0 bridgehead atoms. The van der Waals surface area contributed by atoms with Crippen LogP contribution in [0, 0.1) is 0 Å². The topological polar surface area (TPSA) is 18.5 Å². The summed E-state index contributed by atoms with van der Waals surface area (Å²) in [6.07, 6.45) is 2.74. The molecule has 2 atom stereocenters. The van der Waals surface area contributed by atoms with Crippen molar-refractivity contribution >= 4 is 0 Å². The molecule has 2 fully saturated rings. The minimum atomic E-state index is 0.734. The van der Waals surface area contributed by atoms with Crippen molar-refractivity contribution in [3.63, 3.8) is 0 Å². The molecule has 0 spiro atoms. The SMILES string of the molecule is CCN1CCN(C2CCC(C)NC2)CC1. The summed E-state index contributed by atoms with van der Waals surface area (Å²) in [5.41, 5.74) is 0. The van der Waals surface area contributed by atoms with E-state index in [9.17, 15) is 0 Å². The number of rotatable bonds is 2. The zero-order chi connectivity index (χ0) is 10.7. The van der Waals surface area contributed by atoms with E-state index < -0.39 is 0 Å². The van der Waals surface area contributed by atoms with Crippen molar-refractivity contribution in [1.82, 2.24) is 15.1 Å². The van der Waals surface area contributed by atoms with Gasteiger partial charge in [0.05, 0.1) is 0 Å². The molecule has 2 aliphatic rings. The fourth-order valence-corrected chi connectivity index (χ4v) is 2.74. The first-order valence-corrected chi connectivity index (χ1v) is 6.49. The van der Waals surface area contributed by atoms with Gasteiger partial charge < -0.3 is 10.2 Å². The van der Waals surface area contributed by atoms with Gasteiger partial charge in [-0.3, -0.25) is 4.90 Å². The second kappa shape index (κ2) is 5.28. The molecule has 88 valence electrons. The summed E-state index contributed by atoms with van der Waals surface area (Å²) in [6, 6.07) is 1.54. The summed E-state index contributed by atoms with van der Waals surface area (Å²) in [5.74, 6) is 0. The predicted octanol–water partition coefficient (Wildman–Crippen LogP) is 0.764. The van der Waals surface area contributed by atoms with Crippen molar-refractivity contribution in [2.45, 2.75) is 38.8 Å². The summed E-state index contributed by atoms with van der Waals surface area (Å²) in [5, 5.41) is 3.60. The Hall–Kier alpha value is -0.120. The van der Waals surface area contributed by atoms with Crippen LogP contribution in [0.5, 0.6) is 0 Å². The first kappa shape index (κ1) is 11.4. The van der Waals surface area contributed by atoms with Crippen LogP contribution in [-0.2, 0) is 0 Å². The molecule has 2 heterocycles. The van der Waals surface area contributed by atoms with Crippen LogP contribution >= 0.6 is 0 Å². The van der Waals surface area contributed by atoms with Crippen molar-refractivity contribution in [3.05, 3.63) is 0 Å². The lowest BCUT2D eigenvalue weighted by molar-refractivity contribution is 0.0824. The Bertz CT molecular complexity index is 179. The Morgan fingerprint density at radius 1 is 1.13 bits per heavy atom. The van der Waals surface area contributed by atoms with Gasteiger partial charge >= 0.3 is 0 Å². The molecule has 0 aromatic heterocycles. The van der Waals surface area contributed by atoms with E-state index in [0.29, 0.717) is 0 Å². The van der Waals surface area contributed by atoms with Gasteiger partial charge in [-0.25, -0.2) is 0 Å². The van der Waals surface area contributed by atoms with Crippen LogP contribution in [0.15, 0.2) is 0 Å². The van der Waals surface area contributed by atoms with Crippen LogP contribution in [0.2, 0.25) is 0 Å². The molecule has 0 saturated carbocycles. The van der Waals surface area contributed by atoms with Crippen molar-refractivity contribution in [3.8, 4) is 0 Å². The number of likely N-dealkylation sites (N-methyl/N-ethyl adjacent to an activating group) is 1. The Labute approximate surface area is 93.8 Å². The molecule has 0 amide bonds.